The van der Waals surface area contributed by atoms with Gasteiger partial charge in [-0.05, 0) is 80.8 Å². The van der Waals surface area contributed by atoms with E-state index in [-0.39, 0.29) is 23.8 Å². The third-order valence-electron chi connectivity index (χ3n) is 7.40. The Morgan fingerprint density at radius 2 is 1.54 bits per heavy atom. The molecule has 4 rings (SSSR count). The highest BCUT2D eigenvalue weighted by molar-refractivity contribution is 7.89. The molecule has 0 radical (unpaired) electrons. The zero-order valence-corrected chi connectivity index (χ0v) is 21.9. The average molecular weight is 499 g/mol. The molecular formula is C27H34N2O5S. The number of amides is 1. The van der Waals surface area contributed by atoms with E-state index in [9.17, 15) is 18.0 Å². The first kappa shape index (κ1) is 25.4. The molecule has 2 aromatic rings. The number of fused-ring (bicyclic) bond motifs is 1. The molecule has 1 amide bonds. The van der Waals surface area contributed by atoms with Crippen LogP contribution in [0.2, 0.25) is 0 Å². The van der Waals surface area contributed by atoms with E-state index in [0.717, 1.165) is 35.1 Å². The molecule has 2 aliphatic rings. The molecule has 1 fully saturated rings. The van der Waals surface area contributed by atoms with Crippen LogP contribution in [0.1, 0.15) is 53.1 Å². The summed E-state index contributed by atoms with van der Waals surface area (Å²) in [5.41, 5.74) is 4.89. The van der Waals surface area contributed by atoms with Gasteiger partial charge in [-0.1, -0.05) is 30.3 Å². The number of benzene rings is 2. The summed E-state index contributed by atoms with van der Waals surface area (Å²) in [6.45, 7) is 10.3. The van der Waals surface area contributed by atoms with Crippen LogP contribution in [-0.2, 0) is 37.3 Å². The number of ether oxygens (including phenoxy) is 1. The van der Waals surface area contributed by atoms with Crippen molar-refractivity contribution in [3.05, 3.63) is 63.7 Å². The average Bonchev–Trinajstić information content (AvgIpc) is 3.36. The maximum atomic E-state index is 14.1. The fourth-order valence-electron chi connectivity index (χ4n) is 5.14. The monoisotopic (exact) mass is 498 g/mol. The molecule has 2 heterocycles. The summed E-state index contributed by atoms with van der Waals surface area (Å²) in [5.74, 6) is -0.926. The van der Waals surface area contributed by atoms with Crippen molar-refractivity contribution in [3.63, 3.8) is 0 Å². The molecule has 0 bridgehead atoms. The fourth-order valence-corrected chi connectivity index (χ4v) is 7.27. The molecule has 0 spiro atoms. The second kappa shape index (κ2) is 9.74. The third-order valence-corrected chi connectivity index (χ3v) is 9.53. The van der Waals surface area contributed by atoms with Gasteiger partial charge in [0.15, 0.2) is 6.10 Å². The number of esters is 1. The molecule has 0 unspecified atom stereocenters. The molecule has 0 N–H and O–H groups in total. The van der Waals surface area contributed by atoms with Crippen LogP contribution in [0.5, 0.6) is 0 Å². The minimum atomic E-state index is -4.04. The Balaban J connectivity index is 1.71. The number of nitrogens with zero attached hydrogens (tertiary/aromatic N) is 2. The van der Waals surface area contributed by atoms with Gasteiger partial charge in [0.1, 0.15) is 6.04 Å². The highest BCUT2D eigenvalue weighted by Crippen LogP contribution is 2.34. The smallest absolute Gasteiger partial charge is 0.325 e. The summed E-state index contributed by atoms with van der Waals surface area (Å²) < 4.78 is 35.1. The molecule has 7 nitrogen and oxygen atoms in total. The second-order valence-electron chi connectivity index (χ2n) is 9.74. The molecule has 188 valence electrons. The molecule has 1 saturated heterocycles. The van der Waals surface area contributed by atoms with Crippen molar-refractivity contribution < 1.29 is 22.7 Å². The molecule has 35 heavy (non-hydrogen) atoms. The highest BCUT2D eigenvalue weighted by Gasteiger charge is 2.43. The van der Waals surface area contributed by atoms with E-state index < -0.39 is 28.1 Å². The van der Waals surface area contributed by atoms with Gasteiger partial charge in [0, 0.05) is 26.1 Å². The van der Waals surface area contributed by atoms with Crippen molar-refractivity contribution in [2.24, 2.45) is 0 Å². The van der Waals surface area contributed by atoms with E-state index in [1.165, 1.54) is 4.31 Å². The molecule has 0 aromatic heterocycles. The SMILES string of the molecule is Cc1cc(C)c(C)c(S(=O)(=O)N2Cc3ccccc3C[C@H]2C(=O)O[C@H](C)C(=O)N2CCCC2)c1C. The molecular weight excluding hydrogens is 464 g/mol. The standard InChI is InChI=1S/C27H34N2O5S/c1-17-14-18(2)20(4)25(19(17)3)35(32,33)29-16-23-11-7-6-10-22(23)15-24(29)27(31)34-21(5)26(30)28-12-8-9-13-28/h6-7,10-11,14,21,24H,8-9,12-13,15-16H2,1-5H3/t21-,24+/m1/s1. The number of rotatable bonds is 5. The predicted molar refractivity (Wildman–Crippen MR) is 133 cm³/mol. The van der Waals surface area contributed by atoms with Gasteiger partial charge in [0.2, 0.25) is 10.0 Å². The van der Waals surface area contributed by atoms with Crippen LogP contribution < -0.4 is 0 Å². The number of hydrogen-bond acceptors (Lipinski definition) is 5. The Kier molecular flexibility index (Phi) is 7.06. The lowest BCUT2D eigenvalue weighted by Crippen LogP contribution is -2.51. The van der Waals surface area contributed by atoms with E-state index in [0.29, 0.717) is 24.2 Å². The van der Waals surface area contributed by atoms with Crippen LogP contribution in [0.15, 0.2) is 35.2 Å². The lowest BCUT2D eigenvalue weighted by molar-refractivity contribution is -0.162. The minimum Gasteiger partial charge on any atom is -0.451 e. The van der Waals surface area contributed by atoms with Crippen LogP contribution in [0.3, 0.4) is 0 Å². The Labute approximate surface area is 208 Å². The van der Waals surface area contributed by atoms with Crippen LogP contribution in [0.25, 0.3) is 0 Å². The van der Waals surface area contributed by atoms with E-state index in [2.05, 4.69) is 0 Å². The van der Waals surface area contributed by atoms with E-state index in [1.807, 2.05) is 44.2 Å². The maximum Gasteiger partial charge on any atom is 0.325 e. The zero-order valence-electron chi connectivity index (χ0n) is 21.1. The zero-order chi connectivity index (χ0) is 25.5. The van der Waals surface area contributed by atoms with Crippen molar-refractivity contribution in [3.8, 4) is 0 Å². The van der Waals surface area contributed by atoms with E-state index >= 15 is 0 Å². The Morgan fingerprint density at radius 3 is 2.14 bits per heavy atom. The number of aryl methyl sites for hydroxylation is 2. The van der Waals surface area contributed by atoms with Gasteiger partial charge in [-0.15, -0.1) is 0 Å². The van der Waals surface area contributed by atoms with Gasteiger partial charge in [-0.2, -0.15) is 4.31 Å². The van der Waals surface area contributed by atoms with E-state index in [4.69, 9.17) is 4.74 Å². The van der Waals surface area contributed by atoms with Gasteiger partial charge < -0.3 is 9.64 Å². The summed E-state index contributed by atoms with van der Waals surface area (Å²) >= 11 is 0. The number of carbonyl (C=O) groups is 2. The lowest BCUT2D eigenvalue weighted by atomic mass is 9.96. The summed E-state index contributed by atoms with van der Waals surface area (Å²) in [6.07, 6.45) is 1.10. The third kappa shape index (κ3) is 4.74. The van der Waals surface area contributed by atoms with Gasteiger partial charge in [-0.25, -0.2) is 8.42 Å². The molecule has 0 saturated carbocycles. The number of sulfonamides is 1. The first-order valence-corrected chi connectivity index (χ1v) is 13.6. The van der Waals surface area contributed by atoms with Crippen molar-refractivity contribution in [1.29, 1.82) is 0 Å². The molecule has 2 aromatic carbocycles. The first-order valence-electron chi connectivity index (χ1n) is 12.2. The Morgan fingerprint density at radius 1 is 0.971 bits per heavy atom. The number of hydrogen-bond donors (Lipinski definition) is 0. The van der Waals surface area contributed by atoms with Gasteiger partial charge >= 0.3 is 5.97 Å². The Hall–Kier alpha value is -2.71. The summed E-state index contributed by atoms with van der Waals surface area (Å²) in [4.78, 5) is 28.1. The molecule has 0 aliphatic carbocycles. The predicted octanol–water partition coefficient (Wildman–Crippen LogP) is 3.59. The number of carbonyl (C=O) groups excluding carboxylic acids is 2. The van der Waals surface area contributed by atoms with E-state index in [1.54, 1.807) is 25.7 Å². The van der Waals surface area contributed by atoms with Crippen molar-refractivity contribution in [1.82, 2.24) is 9.21 Å². The van der Waals surface area contributed by atoms with Crippen molar-refractivity contribution >= 4 is 21.9 Å². The quantitative estimate of drug-likeness (QED) is 0.589. The Bertz CT molecular complexity index is 1240. The van der Waals surface area contributed by atoms with Crippen LogP contribution >= 0.6 is 0 Å². The number of likely N-dealkylation sites (tertiary alicyclic amines) is 1. The maximum absolute atomic E-state index is 14.1. The second-order valence-corrected chi connectivity index (χ2v) is 11.6. The molecule has 2 aliphatic heterocycles. The van der Waals surface area contributed by atoms with Crippen LogP contribution in [0.4, 0.5) is 0 Å². The first-order chi connectivity index (χ1) is 16.5. The van der Waals surface area contributed by atoms with Gasteiger partial charge in [0.25, 0.3) is 5.91 Å². The molecule has 8 heteroatoms. The topological polar surface area (TPSA) is 84.0 Å². The van der Waals surface area contributed by atoms with Gasteiger partial charge in [-0.3, -0.25) is 9.59 Å². The van der Waals surface area contributed by atoms with Crippen molar-refractivity contribution in [2.75, 3.05) is 13.1 Å². The van der Waals surface area contributed by atoms with Crippen LogP contribution in [-0.4, -0.2) is 54.7 Å². The fraction of sp³-hybridized carbons (Fsp3) is 0.481. The largest absolute Gasteiger partial charge is 0.451 e. The molecule has 2 atom stereocenters. The lowest BCUT2D eigenvalue weighted by Gasteiger charge is -2.36. The van der Waals surface area contributed by atoms with Crippen LogP contribution in [0, 0.1) is 27.7 Å². The summed E-state index contributed by atoms with van der Waals surface area (Å²) in [5, 5.41) is 0. The van der Waals surface area contributed by atoms with Crippen molar-refractivity contribution in [2.45, 2.75) is 77.5 Å². The highest BCUT2D eigenvalue weighted by atomic mass is 32.2. The minimum absolute atomic E-state index is 0.0681. The summed E-state index contributed by atoms with van der Waals surface area (Å²) in [6, 6.07) is 8.47. The van der Waals surface area contributed by atoms with Gasteiger partial charge in [0.05, 0.1) is 4.90 Å². The summed E-state index contributed by atoms with van der Waals surface area (Å²) in [7, 11) is -4.04. The normalized spacial score (nSPS) is 19.3.